The molecule has 25 heavy (non-hydrogen) atoms. The molecule has 1 aromatic rings. The number of nitrogens with zero attached hydrogens (tertiary/aromatic N) is 3. The molecular weight excluding hydrogens is 310 g/mol. The average molecular weight is 344 g/mol. The second-order valence-corrected chi connectivity index (χ2v) is 9.26. The van der Waals surface area contributed by atoms with E-state index in [2.05, 4.69) is 27.8 Å². The summed E-state index contributed by atoms with van der Waals surface area (Å²) in [6.45, 7) is 5.77. The molecule has 3 saturated carbocycles. The number of aryl methyl sites for hydroxylation is 1. The molecule has 0 bridgehead atoms. The zero-order valence-corrected chi connectivity index (χ0v) is 15.6. The minimum atomic E-state index is 0.365. The maximum atomic E-state index is 6.47. The van der Waals surface area contributed by atoms with Gasteiger partial charge in [-0.05, 0) is 68.8 Å². The zero-order chi connectivity index (χ0) is 16.8. The molecule has 1 aliphatic heterocycles. The highest BCUT2D eigenvalue weighted by molar-refractivity contribution is 5.04. The SMILES string of the molecule is Cc1cnn([C@H]2C[C@H]3CN(C4CCCC4)C[C@H]3C[C@@H]2OCC2CC2)c1. The van der Waals surface area contributed by atoms with Gasteiger partial charge in [0.2, 0.25) is 0 Å². The number of ether oxygens (including phenoxy) is 1. The second-order valence-electron chi connectivity index (χ2n) is 9.26. The smallest absolute Gasteiger partial charge is 0.0802 e. The van der Waals surface area contributed by atoms with E-state index < -0.39 is 0 Å². The van der Waals surface area contributed by atoms with Gasteiger partial charge in [-0.2, -0.15) is 5.10 Å². The lowest BCUT2D eigenvalue weighted by molar-refractivity contribution is -0.0371. The van der Waals surface area contributed by atoms with Crippen LogP contribution in [0.15, 0.2) is 12.4 Å². The van der Waals surface area contributed by atoms with Gasteiger partial charge in [0.15, 0.2) is 0 Å². The molecule has 5 rings (SSSR count). The van der Waals surface area contributed by atoms with E-state index >= 15 is 0 Å². The number of fused-ring (bicyclic) bond motifs is 1. The molecule has 0 N–H and O–H groups in total. The Morgan fingerprint density at radius 1 is 1.08 bits per heavy atom. The lowest BCUT2D eigenvalue weighted by Crippen LogP contribution is -2.38. The Bertz CT molecular complexity index is 590. The van der Waals surface area contributed by atoms with Crippen LogP contribution in [0.3, 0.4) is 0 Å². The minimum absolute atomic E-state index is 0.365. The van der Waals surface area contributed by atoms with Crippen molar-refractivity contribution < 1.29 is 4.74 Å². The van der Waals surface area contributed by atoms with Gasteiger partial charge in [-0.1, -0.05) is 12.8 Å². The molecule has 0 radical (unpaired) electrons. The molecule has 4 nitrogen and oxygen atoms in total. The summed E-state index contributed by atoms with van der Waals surface area (Å²) in [5.41, 5.74) is 1.27. The van der Waals surface area contributed by atoms with Crippen molar-refractivity contribution in [3.05, 3.63) is 18.0 Å². The Labute approximate surface area is 151 Å². The van der Waals surface area contributed by atoms with Gasteiger partial charge < -0.3 is 4.74 Å². The first-order valence-electron chi connectivity index (χ1n) is 10.6. The Hall–Kier alpha value is -0.870. The summed E-state index contributed by atoms with van der Waals surface area (Å²) in [5, 5.41) is 4.67. The molecule has 2 heterocycles. The second kappa shape index (κ2) is 6.70. The van der Waals surface area contributed by atoms with Crippen molar-refractivity contribution >= 4 is 0 Å². The van der Waals surface area contributed by atoms with Crippen LogP contribution < -0.4 is 0 Å². The number of hydrogen-bond acceptors (Lipinski definition) is 3. The molecule has 4 aliphatic rings. The molecule has 1 aromatic heterocycles. The van der Waals surface area contributed by atoms with Crippen LogP contribution in [-0.2, 0) is 4.74 Å². The fourth-order valence-corrected chi connectivity index (χ4v) is 5.61. The minimum Gasteiger partial charge on any atom is -0.376 e. The first-order chi connectivity index (χ1) is 12.3. The van der Waals surface area contributed by atoms with Crippen molar-refractivity contribution in [2.45, 2.75) is 76.5 Å². The third-order valence-electron chi connectivity index (χ3n) is 7.27. The molecule has 0 unspecified atom stereocenters. The summed E-state index contributed by atoms with van der Waals surface area (Å²) in [6.07, 6.45) is 15.6. The van der Waals surface area contributed by atoms with E-state index in [1.807, 2.05) is 6.20 Å². The molecule has 0 amide bonds. The molecule has 4 heteroatoms. The zero-order valence-electron chi connectivity index (χ0n) is 15.6. The van der Waals surface area contributed by atoms with Gasteiger partial charge in [0, 0.05) is 31.9 Å². The topological polar surface area (TPSA) is 30.3 Å². The number of hydrogen-bond donors (Lipinski definition) is 0. The molecule has 1 saturated heterocycles. The first-order valence-corrected chi connectivity index (χ1v) is 10.6. The fraction of sp³-hybridized carbons (Fsp3) is 0.857. The Balaban J connectivity index is 1.30. The normalized spacial score (nSPS) is 36.8. The molecular formula is C21H33N3O. The maximum Gasteiger partial charge on any atom is 0.0802 e. The van der Waals surface area contributed by atoms with Crippen LogP contribution in [-0.4, -0.2) is 46.5 Å². The summed E-state index contributed by atoms with van der Waals surface area (Å²) in [6, 6.07) is 1.32. The Kier molecular flexibility index (Phi) is 4.37. The van der Waals surface area contributed by atoms with Crippen LogP contribution >= 0.6 is 0 Å². The van der Waals surface area contributed by atoms with Crippen molar-refractivity contribution in [2.24, 2.45) is 17.8 Å². The van der Waals surface area contributed by atoms with E-state index in [-0.39, 0.29) is 0 Å². The van der Waals surface area contributed by atoms with Gasteiger partial charge in [0.05, 0.1) is 18.3 Å². The summed E-state index contributed by atoms with van der Waals surface area (Å²) in [4.78, 5) is 2.83. The predicted molar refractivity (Wildman–Crippen MR) is 98.5 cm³/mol. The third kappa shape index (κ3) is 3.40. The molecule has 3 aliphatic carbocycles. The summed E-state index contributed by atoms with van der Waals surface area (Å²) >= 11 is 0. The summed E-state index contributed by atoms with van der Waals surface area (Å²) in [7, 11) is 0. The molecule has 138 valence electrons. The largest absolute Gasteiger partial charge is 0.376 e. The van der Waals surface area contributed by atoms with Crippen LogP contribution in [0.2, 0.25) is 0 Å². The third-order valence-corrected chi connectivity index (χ3v) is 7.27. The van der Waals surface area contributed by atoms with Crippen LogP contribution in [0.25, 0.3) is 0 Å². The number of aromatic nitrogens is 2. The highest BCUT2D eigenvalue weighted by Crippen LogP contribution is 2.44. The molecule has 0 spiro atoms. The Morgan fingerprint density at radius 2 is 1.84 bits per heavy atom. The van der Waals surface area contributed by atoms with Crippen LogP contribution in [0.1, 0.15) is 63.0 Å². The predicted octanol–water partition coefficient (Wildman–Crippen LogP) is 3.81. The van der Waals surface area contributed by atoms with Gasteiger partial charge in [0.25, 0.3) is 0 Å². The van der Waals surface area contributed by atoms with E-state index in [1.165, 1.54) is 70.0 Å². The lowest BCUT2D eigenvalue weighted by atomic mass is 9.77. The molecule has 4 atom stereocenters. The van der Waals surface area contributed by atoms with Crippen molar-refractivity contribution in [3.63, 3.8) is 0 Å². The van der Waals surface area contributed by atoms with E-state index in [4.69, 9.17) is 4.74 Å². The van der Waals surface area contributed by atoms with Crippen molar-refractivity contribution in [2.75, 3.05) is 19.7 Å². The standard InChI is InChI=1S/C21H33N3O/c1-15-10-22-24(11-15)20-8-17-12-23(19-4-2-3-5-19)13-18(17)9-21(20)25-14-16-6-7-16/h10-11,16-21H,2-9,12-14H2,1H3/t17-,18+,20-,21-/m0/s1. The monoisotopic (exact) mass is 343 g/mol. The number of likely N-dealkylation sites (tertiary alicyclic amines) is 1. The van der Waals surface area contributed by atoms with E-state index in [0.29, 0.717) is 12.1 Å². The first kappa shape index (κ1) is 16.3. The van der Waals surface area contributed by atoms with Gasteiger partial charge in [-0.3, -0.25) is 9.58 Å². The number of rotatable bonds is 5. The van der Waals surface area contributed by atoms with Gasteiger partial charge in [-0.25, -0.2) is 0 Å². The maximum absolute atomic E-state index is 6.47. The quantitative estimate of drug-likeness (QED) is 0.814. The van der Waals surface area contributed by atoms with Crippen LogP contribution in [0.4, 0.5) is 0 Å². The molecule has 4 fully saturated rings. The van der Waals surface area contributed by atoms with Gasteiger partial charge >= 0.3 is 0 Å². The van der Waals surface area contributed by atoms with E-state index in [9.17, 15) is 0 Å². The summed E-state index contributed by atoms with van der Waals surface area (Å²) in [5.74, 6) is 2.53. The van der Waals surface area contributed by atoms with Crippen molar-refractivity contribution in [1.29, 1.82) is 0 Å². The van der Waals surface area contributed by atoms with Crippen molar-refractivity contribution in [3.8, 4) is 0 Å². The highest BCUT2D eigenvalue weighted by Gasteiger charge is 2.45. The lowest BCUT2D eigenvalue weighted by Gasteiger charge is -2.38. The van der Waals surface area contributed by atoms with Gasteiger partial charge in [-0.15, -0.1) is 0 Å². The Morgan fingerprint density at radius 3 is 2.52 bits per heavy atom. The molecule has 0 aromatic carbocycles. The summed E-state index contributed by atoms with van der Waals surface area (Å²) < 4.78 is 8.70. The van der Waals surface area contributed by atoms with Crippen molar-refractivity contribution in [1.82, 2.24) is 14.7 Å². The van der Waals surface area contributed by atoms with E-state index in [0.717, 1.165) is 30.4 Å². The van der Waals surface area contributed by atoms with Gasteiger partial charge in [0.1, 0.15) is 0 Å². The average Bonchev–Trinajstić information content (AvgIpc) is 3.03. The van der Waals surface area contributed by atoms with E-state index in [1.54, 1.807) is 0 Å². The highest BCUT2D eigenvalue weighted by atomic mass is 16.5. The van der Waals surface area contributed by atoms with Crippen LogP contribution in [0, 0.1) is 24.7 Å². The fourth-order valence-electron chi connectivity index (χ4n) is 5.61. The van der Waals surface area contributed by atoms with Crippen LogP contribution in [0.5, 0.6) is 0 Å².